The molecular weight excluding hydrogens is 372 g/mol. The topological polar surface area (TPSA) is 66.5 Å². The first-order chi connectivity index (χ1) is 13.3. The van der Waals surface area contributed by atoms with E-state index >= 15 is 0 Å². The van der Waals surface area contributed by atoms with E-state index in [1.165, 1.54) is 4.31 Å². The number of nitrogens with zero attached hydrogens (tertiary/aromatic N) is 1. The molecule has 0 aliphatic rings. The second-order valence-corrected chi connectivity index (χ2v) is 8.97. The Bertz CT molecular complexity index is 876. The van der Waals surface area contributed by atoms with Crippen LogP contribution in [0.1, 0.15) is 36.2 Å². The highest BCUT2D eigenvalue weighted by atomic mass is 32.2. The summed E-state index contributed by atoms with van der Waals surface area (Å²) in [5.74, 6) is 0.414. The molecule has 2 rings (SSSR count). The van der Waals surface area contributed by atoms with Crippen LogP contribution >= 0.6 is 0 Å². The smallest absolute Gasteiger partial charge is 0.251 e. The van der Waals surface area contributed by atoms with Gasteiger partial charge in [0.2, 0.25) is 10.0 Å². The first kappa shape index (κ1) is 21.9. The molecule has 5 nitrogen and oxygen atoms in total. The van der Waals surface area contributed by atoms with E-state index in [2.05, 4.69) is 25.7 Å². The van der Waals surface area contributed by atoms with E-state index < -0.39 is 10.0 Å². The molecule has 0 heterocycles. The van der Waals surface area contributed by atoms with E-state index in [1.54, 1.807) is 60.7 Å². The highest BCUT2D eigenvalue weighted by Crippen LogP contribution is 2.18. The van der Waals surface area contributed by atoms with Crippen molar-refractivity contribution in [3.63, 3.8) is 0 Å². The molecule has 0 aliphatic carbocycles. The largest absolute Gasteiger partial charge is 0.352 e. The van der Waals surface area contributed by atoms with Crippen LogP contribution in [0.4, 0.5) is 0 Å². The Kier molecular flexibility index (Phi) is 7.96. The summed E-state index contributed by atoms with van der Waals surface area (Å²) < 4.78 is 27.1. The van der Waals surface area contributed by atoms with Crippen LogP contribution in [0.5, 0.6) is 0 Å². The maximum atomic E-state index is 12.9. The first-order valence-corrected chi connectivity index (χ1v) is 10.8. The minimum atomic E-state index is -3.63. The van der Waals surface area contributed by atoms with E-state index in [0.717, 1.165) is 12.0 Å². The zero-order chi connectivity index (χ0) is 20.6. The van der Waals surface area contributed by atoms with Gasteiger partial charge in [-0.15, -0.1) is 6.58 Å². The molecule has 0 bridgehead atoms. The van der Waals surface area contributed by atoms with E-state index in [1.807, 2.05) is 0 Å². The molecule has 0 fully saturated rings. The number of benzene rings is 2. The predicted molar refractivity (Wildman–Crippen MR) is 112 cm³/mol. The molecule has 150 valence electrons. The van der Waals surface area contributed by atoms with Crippen LogP contribution in [0.3, 0.4) is 0 Å². The molecule has 0 aliphatic heterocycles. The minimum Gasteiger partial charge on any atom is -0.352 e. The van der Waals surface area contributed by atoms with Crippen LogP contribution in [-0.2, 0) is 16.6 Å². The van der Waals surface area contributed by atoms with Gasteiger partial charge in [-0.3, -0.25) is 4.79 Å². The Hall–Kier alpha value is -2.44. The Morgan fingerprint density at radius 3 is 2.32 bits per heavy atom. The van der Waals surface area contributed by atoms with Gasteiger partial charge in [0.25, 0.3) is 5.91 Å². The molecule has 0 unspecified atom stereocenters. The van der Waals surface area contributed by atoms with Gasteiger partial charge in [-0.1, -0.05) is 50.3 Å². The van der Waals surface area contributed by atoms with Gasteiger partial charge in [0.1, 0.15) is 0 Å². The number of rotatable bonds is 10. The second-order valence-electron chi connectivity index (χ2n) is 7.03. The molecule has 0 atom stereocenters. The minimum absolute atomic E-state index is 0.118. The van der Waals surface area contributed by atoms with Crippen LogP contribution in [-0.4, -0.2) is 31.7 Å². The van der Waals surface area contributed by atoms with Gasteiger partial charge < -0.3 is 5.32 Å². The van der Waals surface area contributed by atoms with Gasteiger partial charge in [-0.2, -0.15) is 4.31 Å². The number of sulfonamides is 1. The Balaban J connectivity index is 2.09. The van der Waals surface area contributed by atoms with E-state index in [-0.39, 0.29) is 23.9 Å². The summed E-state index contributed by atoms with van der Waals surface area (Å²) in [6.07, 6.45) is 2.49. The number of carbonyl (C=O) groups excluding carboxylic acids is 1. The summed E-state index contributed by atoms with van der Waals surface area (Å²) >= 11 is 0. The summed E-state index contributed by atoms with van der Waals surface area (Å²) in [5.41, 5.74) is 1.37. The molecule has 1 amide bonds. The monoisotopic (exact) mass is 400 g/mol. The van der Waals surface area contributed by atoms with Crippen molar-refractivity contribution in [1.82, 2.24) is 9.62 Å². The fourth-order valence-corrected chi connectivity index (χ4v) is 4.09. The number of hydrogen-bond acceptors (Lipinski definition) is 3. The summed E-state index contributed by atoms with van der Waals surface area (Å²) in [7, 11) is -3.63. The summed E-state index contributed by atoms with van der Waals surface area (Å²) in [5, 5.41) is 2.90. The molecule has 0 radical (unpaired) electrons. The van der Waals surface area contributed by atoms with Crippen molar-refractivity contribution in [2.24, 2.45) is 5.92 Å². The predicted octanol–water partition coefficient (Wildman–Crippen LogP) is 3.84. The highest BCUT2D eigenvalue weighted by Gasteiger charge is 2.23. The Labute approximate surface area is 168 Å². The van der Waals surface area contributed by atoms with Gasteiger partial charge in [0.15, 0.2) is 0 Å². The number of hydrogen-bond donors (Lipinski definition) is 1. The van der Waals surface area contributed by atoms with Gasteiger partial charge >= 0.3 is 0 Å². The van der Waals surface area contributed by atoms with Crippen LogP contribution in [0.25, 0.3) is 0 Å². The van der Waals surface area contributed by atoms with Gasteiger partial charge in [-0.25, -0.2) is 8.42 Å². The van der Waals surface area contributed by atoms with Crippen LogP contribution in [0.15, 0.2) is 72.1 Å². The third-order valence-corrected chi connectivity index (χ3v) is 6.12. The summed E-state index contributed by atoms with van der Waals surface area (Å²) in [6.45, 7) is 8.94. The lowest BCUT2D eigenvalue weighted by Crippen LogP contribution is -2.31. The SMILES string of the molecule is C=CCN(Cc1ccc(C(=O)NCCC(C)C)cc1)S(=O)(=O)c1ccccc1. The summed E-state index contributed by atoms with van der Waals surface area (Å²) in [4.78, 5) is 12.4. The third kappa shape index (κ3) is 6.04. The first-order valence-electron chi connectivity index (χ1n) is 9.38. The van der Waals surface area contributed by atoms with E-state index in [9.17, 15) is 13.2 Å². The molecule has 2 aromatic carbocycles. The average molecular weight is 401 g/mol. The number of amides is 1. The van der Waals surface area contributed by atoms with Crippen molar-refractivity contribution in [1.29, 1.82) is 0 Å². The van der Waals surface area contributed by atoms with Gasteiger partial charge in [0, 0.05) is 25.2 Å². The molecule has 0 saturated heterocycles. The number of carbonyl (C=O) groups is 1. The molecule has 2 aromatic rings. The van der Waals surface area contributed by atoms with Crippen LogP contribution in [0, 0.1) is 5.92 Å². The van der Waals surface area contributed by atoms with Crippen molar-refractivity contribution in [3.05, 3.63) is 78.4 Å². The molecule has 1 N–H and O–H groups in total. The molecule has 6 heteroatoms. The zero-order valence-corrected chi connectivity index (χ0v) is 17.3. The van der Waals surface area contributed by atoms with Crippen molar-refractivity contribution in [3.8, 4) is 0 Å². The van der Waals surface area contributed by atoms with E-state index in [0.29, 0.717) is 18.0 Å². The van der Waals surface area contributed by atoms with Crippen LogP contribution < -0.4 is 5.32 Å². The molecular formula is C22H28N2O3S. The Morgan fingerprint density at radius 2 is 1.75 bits per heavy atom. The molecule has 28 heavy (non-hydrogen) atoms. The van der Waals surface area contributed by atoms with Crippen LogP contribution in [0.2, 0.25) is 0 Å². The molecule has 0 saturated carbocycles. The van der Waals surface area contributed by atoms with Gasteiger partial charge in [-0.05, 0) is 42.2 Å². The standard InChI is InChI=1S/C22H28N2O3S/c1-4-16-24(28(26,27)21-8-6-5-7-9-21)17-19-10-12-20(13-11-19)22(25)23-15-14-18(2)3/h4-13,18H,1,14-17H2,2-3H3,(H,23,25). The maximum Gasteiger partial charge on any atom is 0.251 e. The lowest BCUT2D eigenvalue weighted by atomic mass is 10.1. The highest BCUT2D eigenvalue weighted by molar-refractivity contribution is 7.89. The average Bonchev–Trinajstić information content (AvgIpc) is 2.68. The molecule has 0 spiro atoms. The van der Waals surface area contributed by atoms with Crippen molar-refractivity contribution >= 4 is 15.9 Å². The second kappa shape index (κ2) is 10.2. The summed E-state index contributed by atoms with van der Waals surface area (Å²) in [6, 6.07) is 15.4. The molecule has 0 aromatic heterocycles. The Morgan fingerprint density at radius 1 is 1.11 bits per heavy atom. The van der Waals surface area contributed by atoms with Gasteiger partial charge in [0.05, 0.1) is 4.90 Å². The lowest BCUT2D eigenvalue weighted by Gasteiger charge is -2.21. The van der Waals surface area contributed by atoms with Crippen molar-refractivity contribution in [2.75, 3.05) is 13.1 Å². The van der Waals surface area contributed by atoms with Crippen molar-refractivity contribution in [2.45, 2.75) is 31.7 Å². The normalized spacial score (nSPS) is 11.6. The number of nitrogens with one attached hydrogen (secondary N) is 1. The lowest BCUT2D eigenvalue weighted by molar-refractivity contribution is 0.0952. The quantitative estimate of drug-likeness (QED) is 0.616. The third-order valence-electron chi connectivity index (χ3n) is 4.30. The van der Waals surface area contributed by atoms with E-state index in [4.69, 9.17) is 0 Å². The fraction of sp³-hybridized carbons (Fsp3) is 0.318. The zero-order valence-electron chi connectivity index (χ0n) is 16.5. The maximum absolute atomic E-state index is 12.9. The fourth-order valence-electron chi connectivity index (χ4n) is 2.67. The van der Waals surface area contributed by atoms with Crippen molar-refractivity contribution < 1.29 is 13.2 Å².